The van der Waals surface area contributed by atoms with Gasteiger partial charge in [0.05, 0.1) is 5.92 Å². The topological polar surface area (TPSA) is 55.4 Å². The van der Waals surface area contributed by atoms with E-state index in [0.717, 1.165) is 12.0 Å². The predicted octanol–water partition coefficient (Wildman–Crippen LogP) is 4.53. The van der Waals surface area contributed by atoms with Crippen molar-refractivity contribution in [3.05, 3.63) is 64.7 Å². The number of carbonyl (C=O) groups excluding carboxylic acids is 2. The zero-order valence-electron chi connectivity index (χ0n) is 14.2. The first-order chi connectivity index (χ1) is 12.0. The molecule has 0 saturated heterocycles. The number of benzene rings is 2. The fraction of sp³-hybridized carbons (Fsp3) is 0.300. The molecule has 0 aliphatic heterocycles. The van der Waals surface area contributed by atoms with Crippen molar-refractivity contribution >= 4 is 29.2 Å². The first kappa shape index (κ1) is 17.5. The molecule has 25 heavy (non-hydrogen) atoms. The Morgan fingerprint density at radius 1 is 1.20 bits per heavy atom. The Hall–Kier alpha value is -2.33. The number of amides is 1. The summed E-state index contributed by atoms with van der Waals surface area (Å²) in [7, 11) is 0. The van der Waals surface area contributed by atoms with E-state index in [1.807, 2.05) is 38.1 Å². The molecule has 130 valence electrons. The van der Waals surface area contributed by atoms with Crippen LogP contribution in [0.15, 0.2) is 48.5 Å². The van der Waals surface area contributed by atoms with Gasteiger partial charge in [0.15, 0.2) is 0 Å². The van der Waals surface area contributed by atoms with E-state index in [0.29, 0.717) is 22.2 Å². The molecule has 1 amide bonds. The van der Waals surface area contributed by atoms with E-state index in [1.165, 1.54) is 0 Å². The van der Waals surface area contributed by atoms with E-state index >= 15 is 0 Å². The third-order valence-corrected chi connectivity index (χ3v) is 4.83. The van der Waals surface area contributed by atoms with Crippen LogP contribution in [-0.4, -0.2) is 11.9 Å². The number of nitrogens with one attached hydrogen (secondary N) is 1. The van der Waals surface area contributed by atoms with Crippen molar-refractivity contribution in [1.82, 2.24) is 0 Å². The van der Waals surface area contributed by atoms with E-state index < -0.39 is 12.0 Å². The maximum absolute atomic E-state index is 12.7. The van der Waals surface area contributed by atoms with Gasteiger partial charge in [-0.05, 0) is 37.0 Å². The number of carbonyl (C=O) groups is 2. The van der Waals surface area contributed by atoms with Gasteiger partial charge in [-0.25, -0.2) is 0 Å². The van der Waals surface area contributed by atoms with Gasteiger partial charge in [0, 0.05) is 16.3 Å². The van der Waals surface area contributed by atoms with Crippen LogP contribution >= 0.6 is 11.6 Å². The summed E-state index contributed by atoms with van der Waals surface area (Å²) >= 11 is 6.11. The number of halogens is 1. The van der Waals surface area contributed by atoms with Gasteiger partial charge in [0.1, 0.15) is 0 Å². The molecule has 4 nitrogen and oxygen atoms in total. The molecule has 0 bridgehead atoms. The molecule has 0 aromatic heterocycles. The van der Waals surface area contributed by atoms with Crippen LogP contribution in [-0.2, 0) is 14.3 Å². The van der Waals surface area contributed by atoms with Crippen LogP contribution < -0.4 is 5.32 Å². The van der Waals surface area contributed by atoms with Crippen LogP contribution in [0.1, 0.15) is 30.6 Å². The minimum absolute atomic E-state index is 0.104. The third-order valence-electron chi connectivity index (χ3n) is 4.43. The Labute approximate surface area is 152 Å². The molecule has 0 unspecified atom stereocenters. The highest BCUT2D eigenvalue weighted by atomic mass is 35.5. The minimum Gasteiger partial charge on any atom is -0.447 e. The maximum atomic E-state index is 12.7. The second-order valence-corrected chi connectivity index (χ2v) is 6.91. The Morgan fingerprint density at radius 3 is 2.48 bits per heavy atom. The van der Waals surface area contributed by atoms with E-state index in [9.17, 15) is 9.59 Å². The normalized spacial score (nSPS) is 19.8. The standard InChI is InChI=1S/C20H20ClNO3/c1-12-8-9-15(11-17(12)21)22-19(23)18(14-6-4-3-5-7-14)25-20(24)16-10-13(16)2/h3-9,11,13,16,18H,10H2,1-2H3,(H,22,23)/t13-,16+,18-/m1/s1. The first-order valence-corrected chi connectivity index (χ1v) is 8.66. The number of rotatable bonds is 5. The first-order valence-electron chi connectivity index (χ1n) is 8.28. The number of aryl methyl sites for hydroxylation is 1. The zero-order valence-corrected chi connectivity index (χ0v) is 14.9. The SMILES string of the molecule is Cc1ccc(NC(=O)[C@H](OC(=O)[C@H]2C[C@H]2C)c2ccccc2)cc1Cl. The van der Waals surface area contributed by atoms with Crippen molar-refractivity contribution < 1.29 is 14.3 Å². The largest absolute Gasteiger partial charge is 0.447 e. The second kappa shape index (κ2) is 7.28. The second-order valence-electron chi connectivity index (χ2n) is 6.50. The molecule has 1 fully saturated rings. The van der Waals surface area contributed by atoms with Crippen molar-refractivity contribution in [2.75, 3.05) is 5.32 Å². The Morgan fingerprint density at radius 2 is 1.88 bits per heavy atom. The molecular weight excluding hydrogens is 338 g/mol. The minimum atomic E-state index is -0.985. The summed E-state index contributed by atoms with van der Waals surface area (Å²) in [6, 6.07) is 14.3. The van der Waals surface area contributed by atoms with Crippen LogP contribution in [0, 0.1) is 18.8 Å². The highest BCUT2D eigenvalue weighted by molar-refractivity contribution is 6.31. The molecule has 1 aliphatic rings. The van der Waals surface area contributed by atoms with E-state index in [-0.39, 0.29) is 11.9 Å². The lowest BCUT2D eigenvalue weighted by molar-refractivity contribution is -0.156. The molecule has 1 N–H and O–H groups in total. The van der Waals surface area contributed by atoms with E-state index in [2.05, 4.69) is 5.32 Å². The molecule has 2 aromatic carbocycles. The lowest BCUT2D eigenvalue weighted by atomic mass is 10.1. The number of hydrogen-bond acceptors (Lipinski definition) is 3. The van der Waals surface area contributed by atoms with Gasteiger partial charge >= 0.3 is 5.97 Å². The summed E-state index contributed by atoms with van der Waals surface area (Å²) < 4.78 is 5.53. The highest BCUT2D eigenvalue weighted by Crippen LogP contribution is 2.40. The van der Waals surface area contributed by atoms with E-state index in [1.54, 1.807) is 24.3 Å². The number of ether oxygens (including phenoxy) is 1. The van der Waals surface area contributed by atoms with Gasteiger partial charge in [0.25, 0.3) is 5.91 Å². The zero-order chi connectivity index (χ0) is 18.0. The molecule has 3 rings (SSSR count). The van der Waals surface area contributed by atoms with Gasteiger partial charge in [-0.1, -0.05) is 54.9 Å². The monoisotopic (exact) mass is 357 g/mol. The van der Waals surface area contributed by atoms with Crippen molar-refractivity contribution in [2.24, 2.45) is 11.8 Å². The average Bonchev–Trinajstić information content (AvgIpc) is 3.33. The molecule has 0 radical (unpaired) electrons. The average molecular weight is 358 g/mol. The maximum Gasteiger partial charge on any atom is 0.310 e. The summed E-state index contributed by atoms with van der Waals surface area (Å²) in [4.78, 5) is 25.0. The highest BCUT2D eigenvalue weighted by Gasteiger charge is 2.42. The van der Waals surface area contributed by atoms with Gasteiger partial charge in [0.2, 0.25) is 6.10 Å². The van der Waals surface area contributed by atoms with Crippen LogP contribution in [0.4, 0.5) is 5.69 Å². The molecule has 5 heteroatoms. The number of esters is 1. The quantitative estimate of drug-likeness (QED) is 0.800. The van der Waals surface area contributed by atoms with Crippen molar-refractivity contribution in [1.29, 1.82) is 0 Å². The molecule has 1 saturated carbocycles. The lowest BCUT2D eigenvalue weighted by Gasteiger charge is -2.18. The van der Waals surface area contributed by atoms with Crippen molar-refractivity contribution in [3.63, 3.8) is 0 Å². The van der Waals surface area contributed by atoms with Crippen molar-refractivity contribution in [3.8, 4) is 0 Å². The number of hydrogen-bond donors (Lipinski definition) is 1. The molecule has 0 spiro atoms. The summed E-state index contributed by atoms with van der Waals surface area (Å²) in [6.07, 6.45) is -0.170. The van der Waals surface area contributed by atoms with Crippen LogP contribution in [0.25, 0.3) is 0 Å². The predicted molar refractivity (Wildman–Crippen MR) is 97.4 cm³/mol. The fourth-order valence-electron chi connectivity index (χ4n) is 2.63. The molecule has 1 aliphatic carbocycles. The third kappa shape index (κ3) is 4.20. The Bertz CT molecular complexity index is 791. The Kier molecular flexibility index (Phi) is 5.09. The van der Waals surface area contributed by atoms with Crippen molar-refractivity contribution in [2.45, 2.75) is 26.4 Å². The van der Waals surface area contributed by atoms with Gasteiger partial charge in [-0.3, -0.25) is 9.59 Å². The van der Waals surface area contributed by atoms with Gasteiger partial charge in [-0.15, -0.1) is 0 Å². The van der Waals surface area contributed by atoms with E-state index in [4.69, 9.17) is 16.3 Å². The molecule has 0 heterocycles. The summed E-state index contributed by atoms with van der Waals surface area (Å²) in [6.45, 7) is 3.89. The smallest absolute Gasteiger partial charge is 0.310 e. The molecular formula is C20H20ClNO3. The van der Waals surface area contributed by atoms with Crippen LogP contribution in [0.5, 0.6) is 0 Å². The fourth-order valence-corrected chi connectivity index (χ4v) is 2.81. The number of anilines is 1. The molecule has 2 aromatic rings. The lowest BCUT2D eigenvalue weighted by Crippen LogP contribution is -2.26. The van der Waals surface area contributed by atoms with Crippen LogP contribution in [0.2, 0.25) is 5.02 Å². The molecule has 3 atom stereocenters. The summed E-state index contributed by atoms with van der Waals surface area (Å²) in [5, 5.41) is 3.35. The van der Waals surface area contributed by atoms with Gasteiger partial charge < -0.3 is 10.1 Å². The van der Waals surface area contributed by atoms with Gasteiger partial charge in [-0.2, -0.15) is 0 Å². The summed E-state index contributed by atoms with van der Waals surface area (Å²) in [5.74, 6) is -0.498. The Balaban J connectivity index is 1.79. The van der Waals surface area contributed by atoms with Crippen LogP contribution in [0.3, 0.4) is 0 Å². The summed E-state index contributed by atoms with van der Waals surface area (Å²) in [5.41, 5.74) is 2.13.